The maximum atomic E-state index is 15.0. The van der Waals surface area contributed by atoms with Gasteiger partial charge in [0.1, 0.15) is 5.82 Å². The van der Waals surface area contributed by atoms with Crippen molar-refractivity contribution in [3.63, 3.8) is 0 Å². The lowest BCUT2D eigenvalue weighted by atomic mass is 9.57. The van der Waals surface area contributed by atoms with Crippen molar-refractivity contribution in [3.8, 4) is 6.07 Å². The van der Waals surface area contributed by atoms with Crippen LogP contribution in [-0.4, -0.2) is 99.4 Å². The van der Waals surface area contributed by atoms with E-state index in [1.54, 1.807) is 12.1 Å². The van der Waals surface area contributed by atoms with E-state index in [9.17, 15) is 14.4 Å². The molecule has 1 aliphatic carbocycles. The molecule has 1 unspecified atom stereocenters. The summed E-state index contributed by atoms with van der Waals surface area (Å²) < 4.78 is 20.0. The summed E-state index contributed by atoms with van der Waals surface area (Å²) in [6.45, 7) is 11.6. The van der Waals surface area contributed by atoms with Gasteiger partial charge in [0, 0.05) is 55.8 Å². The van der Waals surface area contributed by atoms with Crippen molar-refractivity contribution in [3.05, 3.63) is 65.0 Å². The molecule has 5 fully saturated rings. The van der Waals surface area contributed by atoms with Crippen LogP contribution >= 0.6 is 0 Å². The SMILES string of the molecule is COC(=O)N[C@H]1CCC[C@@H]1C(CN1CCC1)(c1cccc(F)c1)C1CCN(CC2CN(c3ccc(C#N)c(CN4CCCCC4)c3)C2)CC1. The fourth-order valence-corrected chi connectivity index (χ4v) is 10.0. The van der Waals surface area contributed by atoms with Gasteiger partial charge < -0.3 is 24.8 Å². The molecule has 4 aliphatic heterocycles. The van der Waals surface area contributed by atoms with Gasteiger partial charge in [-0.15, -0.1) is 0 Å². The Bertz CT molecular complexity index is 1470. The van der Waals surface area contributed by atoms with Gasteiger partial charge in [-0.25, -0.2) is 9.18 Å². The average Bonchev–Trinajstić information content (AvgIpc) is 3.55. The summed E-state index contributed by atoms with van der Waals surface area (Å²) in [5.41, 5.74) is 4.10. The van der Waals surface area contributed by atoms with E-state index in [2.05, 4.69) is 49.2 Å². The zero-order valence-corrected chi connectivity index (χ0v) is 29.4. The minimum atomic E-state index is -0.363. The van der Waals surface area contributed by atoms with Gasteiger partial charge in [-0.2, -0.15) is 5.26 Å². The van der Waals surface area contributed by atoms with Crippen molar-refractivity contribution in [2.75, 3.05) is 77.5 Å². The van der Waals surface area contributed by atoms with Crippen molar-refractivity contribution in [1.29, 1.82) is 5.26 Å². The lowest BCUT2D eigenvalue weighted by molar-refractivity contribution is 0.0223. The smallest absolute Gasteiger partial charge is 0.407 e. The zero-order chi connectivity index (χ0) is 33.8. The van der Waals surface area contributed by atoms with Gasteiger partial charge in [0.2, 0.25) is 0 Å². The number of rotatable bonds is 11. The number of likely N-dealkylation sites (tertiary alicyclic amines) is 3. The molecule has 2 aromatic carbocycles. The fourth-order valence-electron chi connectivity index (χ4n) is 10.0. The van der Waals surface area contributed by atoms with Crippen molar-refractivity contribution >= 4 is 11.8 Å². The van der Waals surface area contributed by atoms with E-state index in [1.165, 1.54) is 44.0 Å². The molecular formula is C40H55FN6O2. The summed E-state index contributed by atoms with van der Waals surface area (Å²) in [5, 5.41) is 13.0. The number of nitriles is 1. The van der Waals surface area contributed by atoms with Crippen LogP contribution in [0.25, 0.3) is 0 Å². The number of halogens is 1. The lowest BCUT2D eigenvalue weighted by Gasteiger charge is -2.54. The summed E-state index contributed by atoms with van der Waals surface area (Å²) in [5.74, 6) is 1.10. The number of amides is 1. The van der Waals surface area contributed by atoms with Crippen LogP contribution in [0.3, 0.4) is 0 Å². The average molecular weight is 671 g/mol. The van der Waals surface area contributed by atoms with Crippen molar-refractivity contribution in [2.45, 2.75) is 75.8 Å². The second kappa shape index (κ2) is 15.4. The van der Waals surface area contributed by atoms with Crippen LogP contribution in [0.4, 0.5) is 14.9 Å². The number of benzene rings is 2. The zero-order valence-electron chi connectivity index (χ0n) is 29.4. The molecule has 1 N–H and O–H groups in total. The highest BCUT2D eigenvalue weighted by Crippen LogP contribution is 2.51. The molecular weight excluding hydrogens is 615 g/mol. The summed E-state index contributed by atoms with van der Waals surface area (Å²) in [6, 6.07) is 16.3. The Balaban J connectivity index is 1.02. The van der Waals surface area contributed by atoms with Crippen molar-refractivity contribution < 1.29 is 13.9 Å². The minimum Gasteiger partial charge on any atom is -0.453 e. The third-order valence-electron chi connectivity index (χ3n) is 12.7. The molecule has 264 valence electrons. The van der Waals surface area contributed by atoms with E-state index >= 15 is 0 Å². The van der Waals surface area contributed by atoms with Crippen LogP contribution in [-0.2, 0) is 16.7 Å². The summed E-state index contributed by atoms with van der Waals surface area (Å²) in [4.78, 5) is 22.7. The predicted molar refractivity (Wildman–Crippen MR) is 191 cm³/mol. The second-order valence-corrected chi connectivity index (χ2v) is 15.6. The highest BCUT2D eigenvalue weighted by atomic mass is 19.1. The quantitative estimate of drug-likeness (QED) is 0.315. The molecule has 7 rings (SSSR count). The van der Waals surface area contributed by atoms with E-state index in [0.717, 1.165) is 115 Å². The minimum absolute atomic E-state index is 0.0265. The number of hydrogen-bond donors (Lipinski definition) is 1. The Kier molecular flexibility index (Phi) is 10.7. The first kappa shape index (κ1) is 34.3. The number of ether oxygens (including phenoxy) is 1. The molecule has 5 aliphatic rings. The molecule has 4 heterocycles. The molecule has 0 aromatic heterocycles. The normalized spacial score (nSPS) is 25.6. The maximum absolute atomic E-state index is 15.0. The second-order valence-electron chi connectivity index (χ2n) is 15.6. The molecule has 0 radical (unpaired) electrons. The molecule has 4 saturated heterocycles. The molecule has 8 nitrogen and oxygen atoms in total. The van der Waals surface area contributed by atoms with Gasteiger partial charge in [0.25, 0.3) is 0 Å². The van der Waals surface area contributed by atoms with E-state index in [1.807, 2.05) is 12.1 Å². The van der Waals surface area contributed by atoms with Crippen LogP contribution < -0.4 is 10.2 Å². The summed E-state index contributed by atoms with van der Waals surface area (Å²) in [7, 11) is 1.44. The Labute approximate surface area is 292 Å². The van der Waals surface area contributed by atoms with Gasteiger partial charge >= 0.3 is 6.09 Å². The van der Waals surface area contributed by atoms with Gasteiger partial charge in [-0.3, -0.25) is 4.90 Å². The van der Waals surface area contributed by atoms with Crippen LogP contribution in [0.5, 0.6) is 0 Å². The van der Waals surface area contributed by atoms with Crippen molar-refractivity contribution in [2.24, 2.45) is 17.8 Å². The third-order valence-corrected chi connectivity index (χ3v) is 12.7. The number of nitrogens with one attached hydrogen (secondary N) is 1. The molecule has 1 amide bonds. The third kappa shape index (κ3) is 7.48. The highest BCUT2D eigenvalue weighted by Gasteiger charge is 2.53. The molecule has 0 bridgehead atoms. The number of anilines is 1. The number of piperidine rings is 2. The topological polar surface area (TPSA) is 75.1 Å². The standard InChI is InChI=1S/C40H55FN6O2/c1-49-39(48)43-38-11-6-10-37(38)40(29-46-18-7-19-46,34-8-5-9-35(41)23-34)33-14-20-45(21-15-33)25-30-26-47(27-30)36-13-12-31(24-42)32(22-36)28-44-16-3-2-4-17-44/h5,8-9,12-13,22-23,30,33,37-38H,2-4,6-7,10-11,14-21,25-29H2,1H3,(H,43,48)/t37-,38-,40?/m0/s1. The molecule has 1 saturated carbocycles. The number of carbonyl (C=O) groups is 1. The van der Waals surface area contributed by atoms with E-state index < -0.39 is 0 Å². The first-order chi connectivity index (χ1) is 23.9. The van der Waals surface area contributed by atoms with Gasteiger partial charge in [0.05, 0.1) is 18.7 Å². The molecule has 0 spiro atoms. The largest absolute Gasteiger partial charge is 0.453 e. The fraction of sp³-hybridized carbons (Fsp3) is 0.650. The van der Waals surface area contributed by atoms with Gasteiger partial charge in [0.15, 0.2) is 0 Å². The van der Waals surface area contributed by atoms with E-state index in [4.69, 9.17) is 4.74 Å². The Morgan fingerprint density at radius 3 is 2.39 bits per heavy atom. The first-order valence-corrected chi connectivity index (χ1v) is 19.0. The van der Waals surface area contributed by atoms with Crippen LogP contribution in [0.1, 0.15) is 74.5 Å². The molecule has 9 heteroatoms. The Morgan fingerprint density at radius 2 is 1.69 bits per heavy atom. The van der Waals surface area contributed by atoms with Crippen LogP contribution in [0.2, 0.25) is 0 Å². The number of carbonyl (C=O) groups excluding carboxylic acids is 1. The highest BCUT2D eigenvalue weighted by molar-refractivity contribution is 5.67. The van der Waals surface area contributed by atoms with Gasteiger partial charge in [-0.1, -0.05) is 25.0 Å². The van der Waals surface area contributed by atoms with Crippen LogP contribution in [0.15, 0.2) is 42.5 Å². The maximum Gasteiger partial charge on any atom is 0.407 e. The van der Waals surface area contributed by atoms with Gasteiger partial charge in [-0.05, 0) is 138 Å². The van der Waals surface area contributed by atoms with Crippen LogP contribution in [0, 0.1) is 34.9 Å². The Morgan fingerprint density at radius 1 is 0.918 bits per heavy atom. The van der Waals surface area contributed by atoms with Crippen molar-refractivity contribution in [1.82, 2.24) is 20.0 Å². The number of hydrogen-bond acceptors (Lipinski definition) is 7. The molecule has 3 atom stereocenters. The Hall–Kier alpha value is -3.19. The molecule has 49 heavy (non-hydrogen) atoms. The van der Waals surface area contributed by atoms with E-state index in [-0.39, 0.29) is 29.3 Å². The first-order valence-electron chi connectivity index (χ1n) is 19.0. The number of nitrogens with zero attached hydrogens (tertiary/aromatic N) is 5. The van der Waals surface area contributed by atoms with E-state index in [0.29, 0.717) is 11.8 Å². The monoisotopic (exact) mass is 670 g/mol. The summed E-state index contributed by atoms with van der Waals surface area (Å²) in [6.07, 6.45) is 9.87. The number of methoxy groups -OCH3 is 1. The molecule has 2 aromatic rings. The summed E-state index contributed by atoms with van der Waals surface area (Å²) >= 11 is 0. The lowest BCUT2D eigenvalue weighted by Crippen LogP contribution is -2.60. The predicted octanol–water partition coefficient (Wildman–Crippen LogP) is 6.00. The number of alkyl carbamates (subject to hydrolysis) is 1.